The molecule has 1 aromatic carbocycles. The number of hydrogen-bond donors (Lipinski definition) is 11. The number of aliphatic hydroxyl groups excluding tert-OH is 1. The molecule has 1 saturated carbocycles. The van der Waals surface area contributed by atoms with Crippen molar-refractivity contribution in [2.75, 3.05) is 58.4 Å². The zero-order chi connectivity index (χ0) is 47.7. The number of likely N-dealkylation sites (tertiary alicyclic amines) is 1. The zero-order valence-corrected chi connectivity index (χ0v) is 41.5. The highest BCUT2D eigenvalue weighted by atomic mass is 32.2. The fourth-order valence-corrected chi connectivity index (χ4v) is 12.0. The van der Waals surface area contributed by atoms with Gasteiger partial charge in [0.1, 0.15) is 18.7 Å². The molecule has 6 fully saturated rings. The second kappa shape index (κ2) is 24.2. The van der Waals surface area contributed by atoms with Crippen LogP contribution in [0.25, 0.3) is 0 Å². The molecule has 7 rings (SSSR count). The van der Waals surface area contributed by atoms with Gasteiger partial charge < -0.3 is 41.3 Å². The van der Waals surface area contributed by atoms with Crippen LogP contribution in [-0.2, 0) is 30.5 Å². The van der Waals surface area contributed by atoms with E-state index in [2.05, 4.69) is 91.5 Å². The maximum Gasteiger partial charge on any atom is 0.246 e. The Balaban J connectivity index is 0.763. The summed E-state index contributed by atoms with van der Waals surface area (Å²) in [5.74, 6) is 0.372. The van der Waals surface area contributed by atoms with E-state index in [1.165, 1.54) is 23.3 Å². The van der Waals surface area contributed by atoms with Crippen LogP contribution in [0, 0.1) is 11.3 Å². The maximum absolute atomic E-state index is 14.0. The van der Waals surface area contributed by atoms with Crippen molar-refractivity contribution >= 4 is 35.4 Å². The zero-order valence-electron chi connectivity index (χ0n) is 40.7. The minimum atomic E-state index is -0.947. The lowest BCUT2D eigenvalue weighted by Gasteiger charge is -2.45. The number of nitrogens with zero attached hydrogens (tertiary/aromatic N) is 3. The van der Waals surface area contributed by atoms with Gasteiger partial charge in [-0.05, 0) is 61.5 Å². The first-order valence-corrected chi connectivity index (χ1v) is 26.1. The Kier molecular flexibility index (Phi) is 18.7. The first kappa shape index (κ1) is 51.8. The molecular weight excluding hydrogens is 875 g/mol. The first-order valence-electron chi connectivity index (χ1n) is 25.1. The molecule has 67 heavy (non-hydrogen) atoms. The molecule has 11 N–H and O–H groups in total. The van der Waals surface area contributed by atoms with Crippen LogP contribution in [0.2, 0.25) is 0 Å². The molecule has 7 unspecified atom stereocenters. The number of thioether (sulfide) groups is 1. The van der Waals surface area contributed by atoms with E-state index in [1.807, 2.05) is 49.7 Å². The summed E-state index contributed by atoms with van der Waals surface area (Å²) in [6, 6.07) is 8.05. The number of amides is 4. The van der Waals surface area contributed by atoms with Crippen LogP contribution >= 0.6 is 11.8 Å². The first-order chi connectivity index (χ1) is 32.2. The van der Waals surface area contributed by atoms with Gasteiger partial charge in [0.2, 0.25) is 23.6 Å². The van der Waals surface area contributed by atoms with Gasteiger partial charge in [-0.3, -0.25) is 35.2 Å². The van der Waals surface area contributed by atoms with Gasteiger partial charge in [-0.1, -0.05) is 71.7 Å². The van der Waals surface area contributed by atoms with Gasteiger partial charge in [0.15, 0.2) is 0 Å². The Morgan fingerprint density at radius 2 is 1.75 bits per heavy atom. The van der Waals surface area contributed by atoms with E-state index in [9.17, 15) is 24.3 Å². The summed E-state index contributed by atoms with van der Waals surface area (Å²) in [7, 11) is 0. The lowest BCUT2D eigenvalue weighted by atomic mass is 9.85. The molecule has 1 aromatic rings. The third-order valence-electron chi connectivity index (χ3n) is 14.6. The van der Waals surface area contributed by atoms with E-state index in [0.29, 0.717) is 73.8 Å². The van der Waals surface area contributed by atoms with Crippen molar-refractivity contribution < 1.29 is 29.0 Å². The fraction of sp³-hybridized carbons (Fsp3) is 0.787. The quantitative estimate of drug-likeness (QED) is 0.0736. The molecule has 11 atom stereocenters. The highest BCUT2D eigenvalue weighted by Gasteiger charge is 2.45. The molecule has 19 nitrogen and oxygen atoms in total. The lowest BCUT2D eigenvalue weighted by molar-refractivity contribution is -0.144. The molecule has 5 aliphatic heterocycles. The van der Waals surface area contributed by atoms with Gasteiger partial charge in [-0.2, -0.15) is 5.53 Å². The van der Waals surface area contributed by atoms with Gasteiger partial charge in [0.05, 0.1) is 37.6 Å². The number of hydrazine groups is 3. The lowest BCUT2D eigenvalue weighted by Crippen LogP contribution is -2.66. The summed E-state index contributed by atoms with van der Waals surface area (Å²) in [4.78, 5) is 54.9. The Hall–Kier alpha value is -2.99. The van der Waals surface area contributed by atoms with E-state index >= 15 is 0 Å². The van der Waals surface area contributed by atoms with Gasteiger partial charge >= 0.3 is 0 Å². The third-order valence-corrected chi connectivity index (χ3v) is 16.0. The number of aliphatic hydroxyl groups is 1. The number of hydrogen-bond acceptors (Lipinski definition) is 16. The van der Waals surface area contributed by atoms with Crippen LogP contribution in [0.5, 0.6) is 0 Å². The average Bonchev–Trinajstić information content (AvgIpc) is 4.17. The molecule has 0 spiro atoms. The normalized spacial score (nSPS) is 30.8. The summed E-state index contributed by atoms with van der Waals surface area (Å²) in [6.45, 7) is 15.5. The molecule has 6 aliphatic rings. The summed E-state index contributed by atoms with van der Waals surface area (Å²) < 4.78 is 5.73. The number of nitrogens with one attached hydrogen (secondary N) is 10. The van der Waals surface area contributed by atoms with Crippen molar-refractivity contribution in [1.29, 1.82) is 0 Å². The standard InChI is InChI=1S/C47H81N13O6S/c1-7-31(8-2)37-21-40(60-39(54-37)15-16-52-60)53-34-14-13-33(19-34)48-24-41(62)49-23-35-25-58(57-56-35)17-18-66-27-42(63)55-44(47(4,5)6)46(65)59-26-36(61)20-38(59)45(64)50-22-30-9-11-32(12-10-30)43-29(3)51-28-67-43/h9-12,29,31,33-40,43-44,48,51-54,56-57,61H,7-8,13-28H2,1-6H3,(H,49,62)(H,50,64)(H,55,63)/t29?,33?,34-,35?,36+,37?,38-,39?,40?,43?,44+/m0/s1. The number of ether oxygens (including phenoxy) is 1. The number of carbonyl (C=O) groups is 4. The van der Waals surface area contributed by atoms with Crippen molar-refractivity contribution in [3.63, 3.8) is 0 Å². The summed E-state index contributed by atoms with van der Waals surface area (Å²) >= 11 is 1.88. The van der Waals surface area contributed by atoms with Gasteiger partial charge in [-0.25, -0.2) is 15.4 Å². The average molecular weight is 956 g/mol. The number of carbonyl (C=O) groups excluding carboxylic acids is 4. The fourth-order valence-electron chi connectivity index (χ4n) is 10.7. The molecule has 376 valence electrons. The Morgan fingerprint density at radius 3 is 2.48 bits per heavy atom. The predicted molar refractivity (Wildman–Crippen MR) is 259 cm³/mol. The van der Waals surface area contributed by atoms with Crippen LogP contribution in [0.3, 0.4) is 0 Å². The van der Waals surface area contributed by atoms with Crippen LogP contribution in [0.1, 0.15) is 109 Å². The molecule has 0 aromatic heterocycles. The Bertz CT molecular complexity index is 1790. The molecule has 5 saturated heterocycles. The molecule has 0 radical (unpaired) electrons. The highest BCUT2D eigenvalue weighted by Crippen LogP contribution is 2.36. The monoisotopic (exact) mass is 956 g/mol. The number of β-amino-alcohol motifs (C(OH)–C–C–N with tert-alkyl or cyclic N) is 1. The smallest absolute Gasteiger partial charge is 0.246 e. The third kappa shape index (κ3) is 14.1. The van der Waals surface area contributed by atoms with Gasteiger partial charge in [0, 0.05) is 81.0 Å². The van der Waals surface area contributed by atoms with Gasteiger partial charge in [-0.15, -0.1) is 11.8 Å². The number of fused-ring (bicyclic) bond motifs is 1. The second-order valence-electron chi connectivity index (χ2n) is 20.7. The van der Waals surface area contributed by atoms with Crippen LogP contribution < -0.4 is 53.6 Å². The van der Waals surface area contributed by atoms with Crippen molar-refractivity contribution in [1.82, 2.24) is 68.5 Å². The highest BCUT2D eigenvalue weighted by molar-refractivity contribution is 7.99. The van der Waals surface area contributed by atoms with E-state index < -0.39 is 35.4 Å². The number of rotatable bonds is 21. The number of benzene rings is 1. The molecule has 4 amide bonds. The van der Waals surface area contributed by atoms with Crippen LogP contribution in [0.15, 0.2) is 24.3 Å². The van der Waals surface area contributed by atoms with Crippen LogP contribution in [-0.4, -0.2) is 163 Å². The molecular formula is C47H81N13O6S. The predicted octanol–water partition coefficient (Wildman–Crippen LogP) is 0.106. The van der Waals surface area contributed by atoms with Crippen molar-refractivity contribution in [2.45, 2.75) is 165 Å². The maximum atomic E-state index is 14.0. The van der Waals surface area contributed by atoms with E-state index in [-0.39, 0.29) is 50.6 Å². The van der Waals surface area contributed by atoms with Gasteiger partial charge in [0.25, 0.3) is 0 Å². The van der Waals surface area contributed by atoms with Crippen molar-refractivity contribution in [2.24, 2.45) is 11.3 Å². The van der Waals surface area contributed by atoms with Crippen molar-refractivity contribution in [3.8, 4) is 0 Å². The SMILES string of the molecule is CCC(CC)C1CC(N[C@H]2CCC(NCC(=O)NCC3CN(CCOCC(=O)N[C@H](C(=O)N4C[C@H](O)C[C@H]4C(=O)NCc4ccc(C5SCNC5C)cc4)C(C)(C)C)NN3)C2)N2NCCC2N1. The summed E-state index contributed by atoms with van der Waals surface area (Å²) in [6.07, 6.45) is 7.70. The van der Waals surface area contributed by atoms with E-state index in [1.54, 1.807) is 0 Å². The summed E-state index contributed by atoms with van der Waals surface area (Å²) in [5.41, 5.74) is 11.4. The van der Waals surface area contributed by atoms with E-state index in [4.69, 9.17) is 4.74 Å². The molecule has 5 heterocycles. The molecule has 0 bridgehead atoms. The second-order valence-corrected chi connectivity index (χ2v) is 21.8. The molecule has 1 aliphatic carbocycles. The summed E-state index contributed by atoms with van der Waals surface area (Å²) in [5, 5.41) is 39.0. The van der Waals surface area contributed by atoms with Crippen LogP contribution in [0.4, 0.5) is 0 Å². The largest absolute Gasteiger partial charge is 0.391 e. The molecule has 20 heteroatoms. The van der Waals surface area contributed by atoms with Crippen molar-refractivity contribution in [3.05, 3.63) is 35.4 Å². The topological polar surface area (TPSA) is 228 Å². The Morgan fingerprint density at radius 1 is 0.970 bits per heavy atom. The minimum absolute atomic E-state index is 0.00286. The minimum Gasteiger partial charge on any atom is -0.391 e. The van der Waals surface area contributed by atoms with E-state index in [0.717, 1.165) is 50.1 Å². The Labute approximate surface area is 402 Å².